The molecule has 0 aliphatic heterocycles. The molecule has 3 heteroatoms. The number of halogens is 1. The van der Waals surface area contributed by atoms with Gasteiger partial charge in [-0.2, -0.15) is 0 Å². The summed E-state index contributed by atoms with van der Waals surface area (Å²) in [5.41, 5.74) is 5.97. The van der Waals surface area contributed by atoms with Crippen LogP contribution in [0.25, 0.3) is 0 Å². The summed E-state index contributed by atoms with van der Waals surface area (Å²) in [6, 6.07) is 4.24. The maximum absolute atomic E-state index is 5.97. The van der Waals surface area contributed by atoms with Crippen LogP contribution in [-0.2, 0) is 0 Å². The molecule has 1 rings (SSSR count). The normalized spacial score (nSPS) is 11.9. The Morgan fingerprint density at radius 1 is 1.62 bits per heavy atom. The van der Waals surface area contributed by atoms with Gasteiger partial charge in [0, 0.05) is 17.3 Å². The first kappa shape index (κ1) is 10.8. The van der Waals surface area contributed by atoms with Gasteiger partial charge in [0.2, 0.25) is 0 Å². The first-order valence-corrected chi connectivity index (χ1v) is 5.75. The van der Waals surface area contributed by atoms with E-state index in [0.29, 0.717) is 0 Å². The van der Waals surface area contributed by atoms with Crippen LogP contribution in [0.1, 0.15) is 30.7 Å². The molecular weight excluding hydrogens is 246 g/mol. The van der Waals surface area contributed by atoms with Crippen molar-refractivity contribution in [3.05, 3.63) is 20.8 Å². The van der Waals surface area contributed by atoms with Crippen molar-refractivity contribution >= 4 is 27.3 Å². The van der Waals surface area contributed by atoms with Crippen LogP contribution in [0, 0.1) is 11.8 Å². The summed E-state index contributed by atoms with van der Waals surface area (Å²) in [5.74, 6) is 5.89. The highest BCUT2D eigenvalue weighted by Gasteiger charge is 2.06. The van der Waals surface area contributed by atoms with Crippen LogP contribution in [0.3, 0.4) is 0 Å². The first-order valence-electron chi connectivity index (χ1n) is 4.14. The summed E-state index contributed by atoms with van der Waals surface area (Å²) in [4.78, 5) is 1.23. The minimum atomic E-state index is 0.136. The topological polar surface area (TPSA) is 26.0 Å². The molecule has 0 amide bonds. The third-order valence-corrected chi connectivity index (χ3v) is 3.47. The molecule has 13 heavy (non-hydrogen) atoms. The van der Waals surface area contributed by atoms with E-state index in [1.54, 1.807) is 11.3 Å². The average Bonchev–Trinajstić information content (AvgIpc) is 2.52. The van der Waals surface area contributed by atoms with Crippen LogP contribution in [0.5, 0.6) is 0 Å². The van der Waals surface area contributed by atoms with E-state index in [1.807, 2.05) is 13.0 Å². The van der Waals surface area contributed by atoms with Crippen LogP contribution in [0.2, 0.25) is 0 Å². The molecule has 0 radical (unpaired) electrons. The fourth-order valence-corrected chi connectivity index (χ4v) is 2.48. The molecule has 1 heterocycles. The molecular formula is C10H12BrNS. The Morgan fingerprint density at radius 2 is 2.38 bits per heavy atom. The summed E-state index contributed by atoms with van der Waals surface area (Å²) in [7, 11) is 0. The second kappa shape index (κ2) is 5.43. The van der Waals surface area contributed by atoms with Gasteiger partial charge in [-0.15, -0.1) is 23.2 Å². The lowest BCUT2D eigenvalue weighted by atomic mass is 10.1. The predicted octanol–water partition coefficient (Wildman–Crippen LogP) is 3.31. The summed E-state index contributed by atoms with van der Waals surface area (Å²) in [6.07, 6.45) is 1.82. The number of rotatable bonds is 3. The van der Waals surface area contributed by atoms with Gasteiger partial charge in [0.1, 0.15) is 0 Å². The zero-order valence-corrected chi connectivity index (χ0v) is 9.91. The fourth-order valence-electron chi connectivity index (χ4n) is 1.02. The van der Waals surface area contributed by atoms with E-state index >= 15 is 0 Å². The Balaban J connectivity index is 2.47. The molecule has 2 N–H and O–H groups in total. The highest BCUT2D eigenvalue weighted by molar-refractivity contribution is 9.11. The third kappa shape index (κ3) is 3.51. The van der Waals surface area contributed by atoms with Crippen molar-refractivity contribution in [2.45, 2.75) is 25.8 Å². The minimum absolute atomic E-state index is 0.136. The van der Waals surface area contributed by atoms with Crippen molar-refractivity contribution in [1.29, 1.82) is 0 Å². The van der Waals surface area contributed by atoms with Gasteiger partial charge < -0.3 is 5.73 Å². The monoisotopic (exact) mass is 257 g/mol. The third-order valence-electron chi connectivity index (χ3n) is 1.72. The van der Waals surface area contributed by atoms with Crippen molar-refractivity contribution in [3.8, 4) is 11.8 Å². The summed E-state index contributed by atoms with van der Waals surface area (Å²) < 4.78 is 1.14. The smallest absolute Gasteiger partial charge is 0.0701 e. The lowest BCUT2D eigenvalue weighted by Crippen LogP contribution is -2.07. The molecule has 1 nitrogen and oxygen atoms in total. The lowest BCUT2D eigenvalue weighted by molar-refractivity contribution is 0.679. The van der Waals surface area contributed by atoms with Crippen LogP contribution in [0.4, 0.5) is 0 Å². The standard InChI is InChI=1S/C10H12BrNS/c1-2-3-4-5-8(12)9-6-7-10(11)13-9/h6-8H,4-5,12H2,1H3. The van der Waals surface area contributed by atoms with Gasteiger partial charge in [0.05, 0.1) is 3.79 Å². The van der Waals surface area contributed by atoms with E-state index in [2.05, 4.69) is 33.8 Å². The number of hydrogen-bond acceptors (Lipinski definition) is 2. The molecule has 1 unspecified atom stereocenters. The maximum atomic E-state index is 5.97. The molecule has 0 aromatic carbocycles. The Morgan fingerprint density at radius 3 is 2.92 bits per heavy atom. The minimum Gasteiger partial charge on any atom is -0.323 e. The van der Waals surface area contributed by atoms with E-state index in [0.717, 1.165) is 16.6 Å². The summed E-state index contributed by atoms with van der Waals surface area (Å²) in [6.45, 7) is 1.85. The van der Waals surface area contributed by atoms with Crippen molar-refractivity contribution in [3.63, 3.8) is 0 Å². The van der Waals surface area contributed by atoms with Gasteiger partial charge >= 0.3 is 0 Å². The quantitative estimate of drug-likeness (QED) is 0.827. The Bertz CT molecular complexity index is 321. The highest BCUT2D eigenvalue weighted by atomic mass is 79.9. The zero-order chi connectivity index (χ0) is 9.68. The number of hydrogen-bond donors (Lipinski definition) is 1. The second-order valence-corrected chi connectivity index (χ2v) is 5.21. The van der Waals surface area contributed by atoms with E-state index in [-0.39, 0.29) is 6.04 Å². The van der Waals surface area contributed by atoms with E-state index in [1.165, 1.54) is 4.88 Å². The average molecular weight is 258 g/mol. The summed E-state index contributed by atoms with van der Waals surface area (Å²) >= 11 is 5.11. The van der Waals surface area contributed by atoms with Crippen LogP contribution in [-0.4, -0.2) is 0 Å². The highest BCUT2D eigenvalue weighted by Crippen LogP contribution is 2.27. The van der Waals surface area contributed by atoms with Gasteiger partial charge in [0.15, 0.2) is 0 Å². The Hall–Kier alpha value is -0.300. The first-order chi connectivity index (χ1) is 6.24. The number of nitrogens with two attached hydrogens (primary N) is 1. The largest absolute Gasteiger partial charge is 0.323 e. The predicted molar refractivity (Wildman–Crippen MR) is 61.6 cm³/mol. The zero-order valence-electron chi connectivity index (χ0n) is 7.51. The lowest BCUT2D eigenvalue weighted by Gasteiger charge is -2.05. The van der Waals surface area contributed by atoms with Gasteiger partial charge in [-0.25, -0.2) is 0 Å². The molecule has 0 saturated carbocycles. The van der Waals surface area contributed by atoms with Crippen LogP contribution >= 0.6 is 27.3 Å². The molecule has 0 aliphatic carbocycles. The van der Waals surface area contributed by atoms with Gasteiger partial charge in [-0.3, -0.25) is 0 Å². The van der Waals surface area contributed by atoms with Crippen molar-refractivity contribution in [1.82, 2.24) is 0 Å². The summed E-state index contributed by atoms with van der Waals surface area (Å²) in [5, 5.41) is 0. The van der Waals surface area contributed by atoms with Gasteiger partial charge in [-0.05, 0) is 41.4 Å². The van der Waals surface area contributed by atoms with E-state index in [9.17, 15) is 0 Å². The SMILES string of the molecule is CC#CCCC(N)c1ccc(Br)s1. The number of thiophene rings is 1. The Labute approximate surface area is 91.5 Å². The molecule has 0 fully saturated rings. The Kier molecular flexibility index (Phi) is 4.51. The molecule has 0 bridgehead atoms. The van der Waals surface area contributed by atoms with E-state index in [4.69, 9.17) is 5.73 Å². The molecule has 70 valence electrons. The van der Waals surface area contributed by atoms with Crippen LogP contribution in [0.15, 0.2) is 15.9 Å². The second-order valence-electron chi connectivity index (χ2n) is 2.71. The fraction of sp³-hybridized carbons (Fsp3) is 0.400. The van der Waals surface area contributed by atoms with Crippen LogP contribution < -0.4 is 5.73 Å². The maximum Gasteiger partial charge on any atom is 0.0701 e. The molecule has 0 saturated heterocycles. The molecule has 1 aromatic heterocycles. The molecule has 0 spiro atoms. The van der Waals surface area contributed by atoms with Crippen molar-refractivity contribution in [2.75, 3.05) is 0 Å². The van der Waals surface area contributed by atoms with Crippen molar-refractivity contribution < 1.29 is 0 Å². The molecule has 1 atom stereocenters. The van der Waals surface area contributed by atoms with Crippen molar-refractivity contribution in [2.24, 2.45) is 5.73 Å². The molecule has 1 aromatic rings. The van der Waals surface area contributed by atoms with E-state index < -0.39 is 0 Å². The van der Waals surface area contributed by atoms with Gasteiger partial charge in [0.25, 0.3) is 0 Å². The van der Waals surface area contributed by atoms with Gasteiger partial charge in [-0.1, -0.05) is 0 Å². The molecule has 0 aliphatic rings.